The van der Waals surface area contributed by atoms with Crippen LogP contribution in [0.25, 0.3) is 10.9 Å². The monoisotopic (exact) mass is 422 g/mol. The van der Waals surface area contributed by atoms with Gasteiger partial charge in [0.05, 0.1) is 11.6 Å². The molecule has 1 aromatic carbocycles. The summed E-state index contributed by atoms with van der Waals surface area (Å²) in [6.45, 7) is 2.07. The van der Waals surface area contributed by atoms with Gasteiger partial charge < -0.3 is 14.5 Å². The Morgan fingerprint density at radius 2 is 1.77 bits per heavy atom. The number of nitrogens with zero attached hydrogens (tertiary/aromatic N) is 5. The molecule has 9 nitrogen and oxygen atoms in total. The van der Waals surface area contributed by atoms with Crippen molar-refractivity contribution in [2.75, 3.05) is 19.9 Å². The first-order valence-corrected chi connectivity index (χ1v) is 11.3. The maximum Gasteiger partial charge on any atom is 0.253 e. The fourth-order valence-electron chi connectivity index (χ4n) is 5.28. The van der Waals surface area contributed by atoms with Gasteiger partial charge in [-0.15, -0.1) is 5.10 Å². The van der Waals surface area contributed by atoms with Crippen molar-refractivity contribution in [3.05, 3.63) is 39.9 Å². The summed E-state index contributed by atoms with van der Waals surface area (Å²) < 4.78 is 13.0. The average Bonchev–Trinajstić information content (AvgIpc) is 3.56. The summed E-state index contributed by atoms with van der Waals surface area (Å²) in [4.78, 5) is 18.7. The highest BCUT2D eigenvalue weighted by Gasteiger charge is 2.34. The Labute approximate surface area is 179 Å². The molecular weight excluding hydrogens is 396 g/mol. The van der Waals surface area contributed by atoms with Gasteiger partial charge in [-0.2, -0.15) is 0 Å². The van der Waals surface area contributed by atoms with Crippen LogP contribution < -0.4 is 15.0 Å². The minimum atomic E-state index is -0.266. The highest BCUT2D eigenvalue weighted by Crippen LogP contribution is 2.37. The van der Waals surface area contributed by atoms with Gasteiger partial charge in [0.2, 0.25) is 6.79 Å². The molecule has 0 amide bonds. The number of pyridine rings is 1. The molecule has 0 unspecified atom stereocenters. The van der Waals surface area contributed by atoms with Crippen LogP contribution in [0.5, 0.6) is 11.5 Å². The number of aromatic amines is 1. The predicted octanol–water partition coefficient (Wildman–Crippen LogP) is 2.93. The molecule has 0 spiro atoms. The second-order valence-electron chi connectivity index (χ2n) is 8.77. The Balaban J connectivity index is 1.48. The van der Waals surface area contributed by atoms with Crippen molar-refractivity contribution in [3.63, 3.8) is 0 Å². The predicted molar refractivity (Wildman–Crippen MR) is 113 cm³/mol. The molecule has 162 valence electrons. The number of tetrazole rings is 1. The summed E-state index contributed by atoms with van der Waals surface area (Å²) in [6, 6.07) is 5.77. The molecule has 1 atom stereocenters. The van der Waals surface area contributed by atoms with Crippen molar-refractivity contribution >= 4 is 10.9 Å². The summed E-state index contributed by atoms with van der Waals surface area (Å²) in [5.41, 5.74) is 1.31. The van der Waals surface area contributed by atoms with Gasteiger partial charge in [-0.25, -0.2) is 4.68 Å². The number of likely N-dealkylation sites (tertiary alicyclic amines) is 1. The Morgan fingerprint density at radius 3 is 2.58 bits per heavy atom. The lowest BCUT2D eigenvalue weighted by atomic mass is 9.95. The van der Waals surface area contributed by atoms with Crippen LogP contribution in [-0.2, 0) is 0 Å². The first-order chi connectivity index (χ1) is 15.3. The molecule has 1 saturated carbocycles. The van der Waals surface area contributed by atoms with Crippen molar-refractivity contribution in [2.24, 2.45) is 0 Å². The van der Waals surface area contributed by atoms with E-state index in [0.717, 1.165) is 55.5 Å². The molecule has 1 N–H and O–H groups in total. The normalized spacial score (nSPS) is 20.5. The molecule has 2 aromatic heterocycles. The van der Waals surface area contributed by atoms with E-state index in [0.29, 0.717) is 23.1 Å². The number of nitrogens with one attached hydrogen (secondary N) is 1. The van der Waals surface area contributed by atoms with Gasteiger partial charge in [0.15, 0.2) is 17.3 Å². The number of hydrogen-bond acceptors (Lipinski definition) is 7. The summed E-state index contributed by atoms with van der Waals surface area (Å²) in [7, 11) is 0. The zero-order chi connectivity index (χ0) is 20.8. The highest BCUT2D eigenvalue weighted by molar-refractivity contribution is 5.83. The molecule has 2 fully saturated rings. The van der Waals surface area contributed by atoms with Gasteiger partial charge in [0.1, 0.15) is 6.04 Å². The zero-order valence-electron chi connectivity index (χ0n) is 17.4. The van der Waals surface area contributed by atoms with E-state index < -0.39 is 0 Å². The Morgan fingerprint density at radius 1 is 1.00 bits per heavy atom. The molecule has 3 aromatic rings. The van der Waals surface area contributed by atoms with E-state index >= 15 is 0 Å². The van der Waals surface area contributed by atoms with Crippen LogP contribution in [0.4, 0.5) is 0 Å². The highest BCUT2D eigenvalue weighted by atomic mass is 16.7. The quantitative estimate of drug-likeness (QED) is 0.690. The van der Waals surface area contributed by atoms with Gasteiger partial charge in [-0.3, -0.25) is 9.69 Å². The van der Waals surface area contributed by atoms with E-state index in [4.69, 9.17) is 9.47 Å². The Kier molecular flexibility index (Phi) is 4.63. The van der Waals surface area contributed by atoms with Crippen LogP contribution in [0.2, 0.25) is 0 Å². The first-order valence-electron chi connectivity index (χ1n) is 11.3. The zero-order valence-corrected chi connectivity index (χ0v) is 17.4. The summed E-state index contributed by atoms with van der Waals surface area (Å²) >= 11 is 0. The van der Waals surface area contributed by atoms with E-state index in [1.807, 2.05) is 22.9 Å². The van der Waals surface area contributed by atoms with Crippen molar-refractivity contribution in [1.29, 1.82) is 0 Å². The van der Waals surface area contributed by atoms with Crippen molar-refractivity contribution in [1.82, 2.24) is 30.1 Å². The molecule has 1 aliphatic carbocycles. The summed E-state index contributed by atoms with van der Waals surface area (Å²) in [5.74, 6) is 2.14. The van der Waals surface area contributed by atoms with E-state index in [9.17, 15) is 4.79 Å². The van der Waals surface area contributed by atoms with Crippen molar-refractivity contribution < 1.29 is 9.47 Å². The second kappa shape index (κ2) is 7.64. The molecule has 31 heavy (non-hydrogen) atoms. The summed E-state index contributed by atoms with van der Waals surface area (Å²) in [6.07, 6.45) is 8.07. The van der Waals surface area contributed by atoms with Crippen LogP contribution in [0.1, 0.15) is 68.4 Å². The van der Waals surface area contributed by atoms with Gasteiger partial charge in [-0.1, -0.05) is 19.3 Å². The van der Waals surface area contributed by atoms with Crippen molar-refractivity contribution in [3.8, 4) is 11.5 Å². The van der Waals surface area contributed by atoms with E-state index in [1.165, 1.54) is 19.3 Å². The largest absolute Gasteiger partial charge is 0.454 e. The molecule has 0 radical (unpaired) electrons. The number of rotatable bonds is 4. The molecule has 9 heteroatoms. The Hall–Kier alpha value is -2.94. The lowest BCUT2D eigenvalue weighted by Gasteiger charge is -2.29. The van der Waals surface area contributed by atoms with Crippen LogP contribution >= 0.6 is 0 Å². The first kappa shape index (κ1) is 18.8. The molecular formula is C22H26N6O3. The SMILES string of the molecule is O=c1[nH]c2cc3c(cc2cc1[C@@H](c1nnnn1C1CCCCC1)N1CCCC1)OCO3. The molecule has 0 bridgehead atoms. The maximum absolute atomic E-state index is 13.3. The minimum Gasteiger partial charge on any atom is -0.454 e. The van der Waals surface area contributed by atoms with Gasteiger partial charge >= 0.3 is 0 Å². The second-order valence-corrected chi connectivity index (χ2v) is 8.77. The van der Waals surface area contributed by atoms with E-state index in [2.05, 4.69) is 25.4 Å². The lowest BCUT2D eigenvalue weighted by Crippen LogP contribution is -2.34. The Bertz CT molecular complexity index is 1160. The molecule has 6 rings (SSSR count). The average molecular weight is 422 g/mol. The number of H-pyrrole nitrogens is 1. The maximum atomic E-state index is 13.3. The van der Waals surface area contributed by atoms with Gasteiger partial charge in [0.25, 0.3) is 5.56 Å². The number of benzene rings is 1. The fourth-order valence-corrected chi connectivity index (χ4v) is 5.28. The lowest BCUT2D eigenvalue weighted by molar-refractivity contribution is 0.174. The van der Waals surface area contributed by atoms with E-state index in [-0.39, 0.29) is 18.4 Å². The fraction of sp³-hybridized carbons (Fsp3) is 0.545. The van der Waals surface area contributed by atoms with Gasteiger partial charge in [0, 0.05) is 17.0 Å². The van der Waals surface area contributed by atoms with Crippen LogP contribution in [0, 0.1) is 0 Å². The molecule has 2 aliphatic heterocycles. The third kappa shape index (κ3) is 3.27. The summed E-state index contributed by atoms with van der Waals surface area (Å²) in [5, 5.41) is 13.8. The topological polar surface area (TPSA) is 98.2 Å². The van der Waals surface area contributed by atoms with Crippen LogP contribution in [0.3, 0.4) is 0 Å². The third-order valence-corrected chi connectivity index (χ3v) is 6.85. The molecule has 3 aliphatic rings. The van der Waals surface area contributed by atoms with Crippen molar-refractivity contribution in [2.45, 2.75) is 57.0 Å². The third-order valence-electron chi connectivity index (χ3n) is 6.85. The molecule has 4 heterocycles. The minimum absolute atomic E-state index is 0.110. The smallest absolute Gasteiger partial charge is 0.253 e. The van der Waals surface area contributed by atoms with Crippen LogP contribution in [-0.4, -0.2) is 50.0 Å². The standard InChI is InChI=1S/C22H26N6O3/c29-22-16(10-14-11-18-19(31-13-30-18)12-17(14)23-22)20(27-8-4-5-9-27)21-24-25-26-28(21)15-6-2-1-3-7-15/h10-12,15,20H,1-9,13H2,(H,23,29)/t20-/m0/s1. The molecule has 1 saturated heterocycles. The number of ether oxygens (including phenoxy) is 2. The van der Waals surface area contributed by atoms with E-state index in [1.54, 1.807) is 0 Å². The van der Waals surface area contributed by atoms with Crippen LogP contribution in [0.15, 0.2) is 23.0 Å². The number of fused-ring (bicyclic) bond motifs is 2. The van der Waals surface area contributed by atoms with Gasteiger partial charge in [-0.05, 0) is 61.3 Å². The number of aromatic nitrogens is 5. The number of hydrogen-bond donors (Lipinski definition) is 1.